The van der Waals surface area contributed by atoms with Crippen molar-refractivity contribution >= 4 is 5.84 Å². The second kappa shape index (κ2) is 6.06. The van der Waals surface area contributed by atoms with Gasteiger partial charge in [0.05, 0.1) is 24.8 Å². The smallest absolute Gasteiger partial charge is 0.261 e. The number of ether oxygens (including phenoxy) is 1. The molecule has 0 aliphatic carbocycles. The van der Waals surface area contributed by atoms with Gasteiger partial charge in [0, 0.05) is 18.8 Å². The van der Waals surface area contributed by atoms with Gasteiger partial charge in [-0.05, 0) is 26.1 Å². The van der Waals surface area contributed by atoms with Crippen LogP contribution in [0.25, 0.3) is 0 Å². The number of pyridine rings is 1. The number of morpholine rings is 1. The van der Waals surface area contributed by atoms with Crippen LogP contribution in [0.2, 0.25) is 0 Å². The van der Waals surface area contributed by atoms with Gasteiger partial charge in [0.2, 0.25) is 0 Å². The third-order valence-corrected chi connectivity index (χ3v) is 3.50. The lowest BCUT2D eigenvalue weighted by atomic mass is 10.2. The molecule has 1 saturated heterocycles. The summed E-state index contributed by atoms with van der Waals surface area (Å²) >= 11 is 0. The largest absolute Gasteiger partial charge is 0.409 e. The molecule has 1 aliphatic heterocycles. The van der Waals surface area contributed by atoms with Gasteiger partial charge in [-0.25, -0.2) is 0 Å². The molecule has 0 amide bonds. The highest BCUT2D eigenvalue weighted by Gasteiger charge is 2.20. The van der Waals surface area contributed by atoms with E-state index < -0.39 is 0 Å². The van der Waals surface area contributed by atoms with Crippen LogP contribution in [-0.2, 0) is 11.3 Å². The zero-order chi connectivity index (χ0) is 14.7. The van der Waals surface area contributed by atoms with Crippen LogP contribution in [0.15, 0.2) is 22.1 Å². The van der Waals surface area contributed by atoms with Crippen LogP contribution >= 0.6 is 0 Å². The number of aromatic nitrogens is 1. The summed E-state index contributed by atoms with van der Waals surface area (Å²) in [7, 11) is 2.03. The first-order valence-electron chi connectivity index (χ1n) is 6.51. The summed E-state index contributed by atoms with van der Waals surface area (Å²) in [6.45, 7) is 4.65. The van der Waals surface area contributed by atoms with Gasteiger partial charge < -0.3 is 25.1 Å². The summed E-state index contributed by atoms with van der Waals surface area (Å²) in [5.41, 5.74) is 6.27. The molecule has 0 aromatic carbocycles. The average molecular weight is 280 g/mol. The van der Waals surface area contributed by atoms with Crippen molar-refractivity contribution < 1.29 is 9.94 Å². The molecule has 1 fully saturated rings. The van der Waals surface area contributed by atoms with Crippen molar-refractivity contribution in [3.8, 4) is 0 Å². The van der Waals surface area contributed by atoms with Crippen LogP contribution in [0.5, 0.6) is 0 Å². The predicted molar refractivity (Wildman–Crippen MR) is 75.2 cm³/mol. The first-order valence-corrected chi connectivity index (χ1v) is 6.51. The van der Waals surface area contributed by atoms with Crippen LogP contribution in [0.1, 0.15) is 11.3 Å². The van der Waals surface area contributed by atoms with Crippen molar-refractivity contribution in [2.75, 3.05) is 26.7 Å². The molecule has 110 valence electrons. The predicted octanol–water partition coefficient (Wildman–Crippen LogP) is -0.418. The minimum absolute atomic E-state index is 0.0345. The number of amidine groups is 1. The summed E-state index contributed by atoms with van der Waals surface area (Å²) in [5.74, 6) is -0.176. The Labute approximate surface area is 117 Å². The Morgan fingerprint density at radius 1 is 1.60 bits per heavy atom. The van der Waals surface area contributed by atoms with E-state index >= 15 is 0 Å². The first-order chi connectivity index (χ1) is 9.52. The molecule has 0 spiro atoms. The Bertz CT molecular complexity index is 567. The van der Waals surface area contributed by atoms with Gasteiger partial charge in [-0.1, -0.05) is 5.16 Å². The second-order valence-electron chi connectivity index (χ2n) is 5.04. The SMILES string of the molecule is Cc1ccc(/C(N)=N/O)c(=O)n1CC1CN(C)CCO1. The maximum Gasteiger partial charge on any atom is 0.261 e. The summed E-state index contributed by atoms with van der Waals surface area (Å²) in [6, 6.07) is 3.35. The first kappa shape index (κ1) is 14.5. The van der Waals surface area contributed by atoms with E-state index in [1.54, 1.807) is 16.7 Å². The van der Waals surface area contributed by atoms with E-state index in [1.807, 2.05) is 14.0 Å². The molecule has 0 bridgehead atoms. The van der Waals surface area contributed by atoms with Crippen LogP contribution in [0.3, 0.4) is 0 Å². The lowest BCUT2D eigenvalue weighted by Crippen LogP contribution is -2.44. The number of likely N-dealkylation sites (N-methyl/N-ethyl adjacent to an activating group) is 1. The van der Waals surface area contributed by atoms with E-state index in [4.69, 9.17) is 15.7 Å². The number of oxime groups is 1. The molecule has 1 aliphatic rings. The van der Waals surface area contributed by atoms with Gasteiger partial charge in [0.1, 0.15) is 0 Å². The lowest BCUT2D eigenvalue weighted by molar-refractivity contribution is -0.0281. The van der Waals surface area contributed by atoms with Gasteiger partial charge in [-0.15, -0.1) is 0 Å². The fraction of sp³-hybridized carbons (Fsp3) is 0.538. The van der Waals surface area contributed by atoms with Crippen LogP contribution in [0, 0.1) is 6.92 Å². The Morgan fingerprint density at radius 2 is 2.35 bits per heavy atom. The molecule has 1 aromatic heterocycles. The average Bonchev–Trinajstić information content (AvgIpc) is 2.43. The standard InChI is InChI=1S/C13H20N4O3/c1-9-3-4-11(12(14)15-19)13(18)17(9)8-10-7-16(2)5-6-20-10/h3-4,10,19H,5-8H2,1-2H3,(H2,14,15). The molecule has 1 unspecified atom stereocenters. The molecule has 2 heterocycles. The third-order valence-electron chi connectivity index (χ3n) is 3.50. The number of nitrogens with two attached hydrogens (primary N) is 1. The molecule has 7 nitrogen and oxygen atoms in total. The quantitative estimate of drug-likeness (QED) is 0.339. The molecule has 0 radical (unpaired) electrons. The van der Waals surface area contributed by atoms with Crippen molar-refractivity contribution in [3.05, 3.63) is 33.7 Å². The number of rotatable bonds is 3. The van der Waals surface area contributed by atoms with E-state index in [2.05, 4.69) is 10.1 Å². The second-order valence-corrected chi connectivity index (χ2v) is 5.04. The van der Waals surface area contributed by atoms with Crippen molar-refractivity contribution in [1.82, 2.24) is 9.47 Å². The van der Waals surface area contributed by atoms with Crippen LogP contribution in [-0.4, -0.2) is 53.4 Å². The van der Waals surface area contributed by atoms with Gasteiger partial charge in [-0.2, -0.15) is 0 Å². The Balaban J connectivity index is 2.29. The zero-order valence-corrected chi connectivity index (χ0v) is 11.7. The number of hydrogen-bond donors (Lipinski definition) is 2. The van der Waals surface area contributed by atoms with Crippen molar-refractivity contribution in [1.29, 1.82) is 0 Å². The maximum atomic E-state index is 12.4. The molecule has 2 rings (SSSR count). The van der Waals surface area contributed by atoms with Crippen LogP contribution in [0.4, 0.5) is 0 Å². The van der Waals surface area contributed by atoms with Crippen molar-refractivity contribution in [2.45, 2.75) is 19.6 Å². The highest BCUT2D eigenvalue weighted by molar-refractivity contribution is 5.96. The monoisotopic (exact) mass is 280 g/mol. The molecule has 7 heteroatoms. The van der Waals surface area contributed by atoms with E-state index in [-0.39, 0.29) is 23.1 Å². The fourth-order valence-corrected chi connectivity index (χ4v) is 2.33. The van der Waals surface area contributed by atoms with Gasteiger partial charge in [0.25, 0.3) is 5.56 Å². The lowest BCUT2D eigenvalue weighted by Gasteiger charge is -2.30. The summed E-state index contributed by atoms with van der Waals surface area (Å²) in [6.07, 6.45) is -0.0345. The topological polar surface area (TPSA) is 93.1 Å². The number of hydrogen-bond acceptors (Lipinski definition) is 5. The molecular weight excluding hydrogens is 260 g/mol. The fourth-order valence-electron chi connectivity index (χ4n) is 2.33. The normalized spacial score (nSPS) is 21.1. The van der Waals surface area contributed by atoms with Gasteiger partial charge in [-0.3, -0.25) is 4.79 Å². The summed E-state index contributed by atoms with van der Waals surface area (Å²) < 4.78 is 7.29. The highest BCUT2D eigenvalue weighted by Crippen LogP contribution is 2.07. The van der Waals surface area contributed by atoms with Gasteiger partial charge >= 0.3 is 0 Å². The molecule has 1 atom stereocenters. The molecule has 20 heavy (non-hydrogen) atoms. The summed E-state index contributed by atoms with van der Waals surface area (Å²) in [4.78, 5) is 14.5. The van der Waals surface area contributed by atoms with Crippen molar-refractivity contribution in [3.63, 3.8) is 0 Å². The third kappa shape index (κ3) is 3.00. The minimum atomic E-state index is -0.267. The Kier molecular flexibility index (Phi) is 4.41. The number of nitrogens with zero attached hydrogens (tertiary/aromatic N) is 3. The van der Waals surface area contributed by atoms with E-state index in [0.29, 0.717) is 13.2 Å². The molecular formula is C13H20N4O3. The number of aryl methyl sites for hydroxylation is 1. The Hall–Kier alpha value is -1.86. The van der Waals surface area contributed by atoms with E-state index in [9.17, 15) is 4.79 Å². The van der Waals surface area contributed by atoms with Gasteiger partial charge in [0.15, 0.2) is 5.84 Å². The van der Waals surface area contributed by atoms with E-state index in [1.165, 1.54) is 0 Å². The minimum Gasteiger partial charge on any atom is -0.409 e. The molecule has 3 N–H and O–H groups in total. The zero-order valence-electron chi connectivity index (χ0n) is 11.7. The summed E-state index contributed by atoms with van der Waals surface area (Å²) in [5, 5.41) is 11.6. The molecule has 0 saturated carbocycles. The van der Waals surface area contributed by atoms with E-state index in [0.717, 1.165) is 18.8 Å². The van der Waals surface area contributed by atoms with Crippen LogP contribution < -0.4 is 11.3 Å². The molecule has 1 aromatic rings. The highest BCUT2D eigenvalue weighted by atomic mass is 16.5. The van der Waals surface area contributed by atoms with Crippen molar-refractivity contribution in [2.24, 2.45) is 10.9 Å². The Morgan fingerprint density at radius 3 is 3.00 bits per heavy atom. The maximum absolute atomic E-state index is 12.4.